The van der Waals surface area contributed by atoms with Crippen LogP contribution < -0.4 is 4.89 Å². The van der Waals surface area contributed by atoms with Crippen LogP contribution in [0.25, 0.3) is 0 Å². The van der Waals surface area contributed by atoms with E-state index in [1.54, 1.807) is 6.92 Å². The molecule has 10 heteroatoms. The molecule has 2 aliphatic rings. The molecule has 2 fully saturated rings. The Balaban J connectivity index is 1.90. The molecule has 2 saturated heterocycles. The number of aliphatic hydroxyl groups is 1. The van der Waals surface area contributed by atoms with Crippen LogP contribution in [0.4, 0.5) is 0 Å². The van der Waals surface area contributed by atoms with Crippen LogP contribution in [0.2, 0.25) is 0 Å². The third-order valence-electron chi connectivity index (χ3n) is 4.64. The molecule has 2 heterocycles. The fourth-order valence-electron chi connectivity index (χ4n) is 3.36. The summed E-state index contributed by atoms with van der Waals surface area (Å²) < 4.78 is 40.5. The van der Waals surface area contributed by atoms with Crippen LogP contribution in [0.5, 0.6) is 0 Å². The Bertz CT molecular complexity index is 534. The van der Waals surface area contributed by atoms with Gasteiger partial charge in [0.1, 0.15) is 18.3 Å². The van der Waals surface area contributed by atoms with Crippen LogP contribution in [-0.4, -0.2) is 72.4 Å². The van der Waals surface area contributed by atoms with Gasteiger partial charge < -0.3 is 33.5 Å². The summed E-state index contributed by atoms with van der Waals surface area (Å²) in [7, 11) is 0. The molecule has 0 aromatic heterocycles. The Kier molecular flexibility index (Phi) is 9.26. The van der Waals surface area contributed by atoms with Gasteiger partial charge in [-0.2, -0.15) is 0 Å². The predicted octanol–water partition coefficient (Wildman–Crippen LogP) is 2.12. The summed E-state index contributed by atoms with van der Waals surface area (Å²) in [5.41, 5.74) is 0. The number of hydrogen-bond donors (Lipinski definition) is 1. The number of rotatable bonds is 10. The van der Waals surface area contributed by atoms with Crippen molar-refractivity contribution in [3.63, 3.8) is 0 Å². The first-order valence-corrected chi connectivity index (χ1v) is 12.9. The zero-order chi connectivity index (χ0) is 21.1. The highest BCUT2D eigenvalue weighted by molar-refractivity contribution is 8.54. The smallest absolute Gasteiger partial charge is 0.192 e. The van der Waals surface area contributed by atoms with Gasteiger partial charge >= 0.3 is 0 Å². The minimum Gasteiger partial charge on any atom is -0.770 e. The Hall–Kier alpha value is 0.300. The van der Waals surface area contributed by atoms with Crippen LogP contribution in [0.1, 0.15) is 48.0 Å². The number of aliphatic hydroxyl groups excluding tert-OH is 1. The van der Waals surface area contributed by atoms with E-state index in [0.717, 1.165) is 11.4 Å². The van der Waals surface area contributed by atoms with Crippen molar-refractivity contribution in [2.75, 3.05) is 13.2 Å². The van der Waals surface area contributed by atoms with Gasteiger partial charge in [0, 0.05) is 5.25 Å². The number of hydrogen-bond acceptors (Lipinski definition) is 9. The second kappa shape index (κ2) is 10.6. The van der Waals surface area contributed by atoms with Crippen molar-refractivity contribution in [2.24, 2.45) is 0 Å². The van der Waals surface area contributed by atoms with Crippen molar-refractivity contribution in [3.05, 3.63) is 0 Å². The van der Waals surface area contributed by atoms with Gasteiger partial charge in [-0.05, 0) is 48.0 Å². The molecule has 0 saturated carbocycles. The average molecular weight is 442 g/mol. The first kappa shape index (κ1) is 24.6. The van der Waals surface area contributed by atoms with Crippen molar-refractivity contribution in [2.45, 2.75) is 102 Å². The molecule has 8 nitrogen and oxygen atoms in total. The Morgan fingerprint density at radius 3 is 2.43 bits per heavy atom. The lowest BCUT2D eigenvalue weighted by Gasteiger charge is -2.30. The minimum absolute atomic E-state index is 0.0313. The van der Waals surface area contributed by atoms with Gasteiger partial charge in [0.25, 0.3) is 0 Å². The highest BCUT2D eigenvalue weighted by Gasteiger charge is 2.43. The molecule has 28 heavy (non-hydrogen) atoms. The van der Waals surface area contributed by atoms with E-state index < -0.39 is 31.2 Å². The molecule has 0 spiro atoms. The van der Waals surface area contributed by atoms with Crippen molar-refractivity contribution in [1.29, 1.82) is 0 Å². The van der Waals surface area contributed by atoms with Crippen molar-refractivity contribution in [3.8, 4) is 0 Å². The maximum Gasteiger partial charge on any atom is 0.192 e. The van der Waals surface area contributed by atoms with Gasteiger partial charge in [-0.1, -0.05) is 11.4 Å². The third-order valence-corrected chi connectivity index (χ3v) is 8.04. The second-order valence-corrected chi connectivity index (χ2v) is 12.0. The van der Waals surface area contributed by atoms with E-state index in [9.17, 15) is 14.6 Å². The summed E-state index contributed by atoms with van der Waals surface area (Å²) in [6, 6.07) is 0. The van der Waals surface area contributed by atoms with Gasteiger partial charge in [-0.15, -0.1) is 0 Å². The molecular weight excluding hydrogens is 407 g/mol. The normalized spacial score (nSPS) is 38.4. The molecule has 0 aliphatic carbocycles. The van der Waals surface area contributed by atoms with Crippen LogP contribution in [-0.2, 0) is 28.0 Å². The summed E-state index contributed by atoms with van der Waals surface area (Å²) in [5.74, 6) is 0. The highest BCUT2D eigenvalue weighted by Crippen LogP contribution is 2.57. The van der Waals surface area contributed by atoms with Crippen LogP contribution >= 0.6 is 18.2 Å². The van der Waals surface area contributed by atoms with Gasteiger partial charge in [-0.25, -0.2) is 0 Å². The minimum atomic E-state index is -4.19. The topological polar surface area (TPSA) is 107 Å². The van der Waals surface area contributed by atoms with Crippen LogP contribution in [0.15, 0.2) is 0 Å². The average Bonchev–Trinajstić information content (AvgIpc) is 3.04. The molecule has 2 aliphatic heterocycles. The van der Waals surface area contributed by atoms with Gasteiger partial charge in [0.2, 0.25) is 0 Å². The Morgan fingerprint density at radius 2 is 1.82 bits per heavy atom. The molecule has 8 atom stereocenters. The largest absolute Gasteiger partial charge is 0.770 e. The fourth-order valence-corrected chi connectivity index (χ4v) is 6.75. The molecule has 0 aromatic rings. The predicted molar refractivity (Wildman–Crippen MR) is 105 cm³/mol. The highest BCUT2D eigenvalue weighted by atomic mass is 32.7. The standard InChI is InChI=1S/C18H35O8PS/c1-10(2)22-8-14-16(7-12(5)25-14)28-27(20,21)23-9-15-18(24-11(3)4)17(19)13(6)26-15/h10-19H,7-9H2,1-6H3,(H,20,21)/p-1/t12-,13-,14+,15+,16?,17+,18?/m0/s1. The maximum absolute atomic E-state index is 12.5. The summed E-state index contributed by atoms with van der Waals surface area (Å²) in [6.45, 7) is 7.16. The number of ether oxygens (including phenoxy) is 4. The summed E-state index contributed by atoms with van der Waals surface area (Å²) in [4.78, 5) is 12.5. The van der Waals surface area contributed by atoms with Gasteiger partial charge in [0.05, 0.1) is 43.7 Å². The zero-order valence-corrected chi connectivity index (χ0v) is 19.2. The van der Waals surface area contributed by atoms with E-state index in [2.05, 4.69) is 0 Å². The fraction of sp³-hybridized carbons (Fsp3) is 1.00. The molecule has 0 amide bonds. The lowest BCUT2D eigenvalue weighted by atomic mass is 10.1. The molecule has 0 bridgehead atoms. The molecule has 166 valence electrons. The molecule has 1 N–H and O–H groups in total. The van der Waals surface area contributed by atoms with Crippen molar-refractivity contribution >= 4 is 18.2 Å². The van der Waals surface area contributed by atoms with E-state index >= 15 is 0 Å². The quantitative estimate of drug-likeness (QED) is 0.510. The van der Waals surface area contributed by atoms with E-state index in [1.807, 2.05) is 34.6 Å². The summed E-state index contributed by atoms with van der Waals surface area (Å²) in [5, 5.41) is 9.96. The molecular formula is C18H34O8PS-. The van der Waals surface area contributed by atoms with Crippen molar-refractivity contribution in [1.82, 2.24) is 0 Å². The zero-order valence-electron chi connectivity index (χ0n) is 17.5. The molecule has 0 radical (unpaired) electrons. The molecule has 3 unspecified atom stereocenters. The lowest BCUT2D eigenvalue weighted by molar-refractivity contribution is -0.193. The third kappa shape index (κ3) is 7.22. The van der Waals surface area contributed by atoms with E-state index in [-0.39, 0.29) is 36.3 Å². The van der Waals surface area contributed by atoms with Crippen molar-refractivity contribution < 1.29 is 38.0 Å². The van der Waals surface area contributed by atoms with E-state index in [4.69, 9.17) is 23.5 Å². The monoisotopic (exact) mass is 441 g/mol. The Morgan fingerprint density at radius 1 is 1.14 bits per heavy atom. The van der Waals surface area contributed by atoms with E-state index in [1.165, 1.54) is 0 Å². The summed E-state index contributed by atoms with van der Waals surface area (Å²) >= 11 is 0.787. The van der Waals surface area contributed by atoms with Crippen LogP contribution in [0.3, 0.4) is 0 Å². The second-order valence-electron chi connectivity index (χ2n) is 8.01. The molecule has 0 aromatic carbocycles. The SMILES string of the molecule is CC(C)OC[C@H]1O[C@@H](C)CC1SP(=O)([O-])OC[C@H]1O[C@@H](C)[C@@H](O)C1OC(C)C. The summed E-state index contributed by atoms with van der Waals surface area (Å²) in [6.07, 6.45) is -2.33. The Labute approximate surface area is 171 Å². The van der Waals surface area contributed by atoms with Crippen LogP contribution in [0, 0.1) is 0 Å². The maximum atomic E-state index is 12.5. The van der Waals surface area contributed by atoms with Gasteiger partial charge in [-0.3, -0.25) is 4.57 Å². The van der Waals surface area contributed by atoms with E-state index in [0.29, 0.717) is 13.0 Å². The first-order chi connectivity index (χ1) is 13.0. The first-order valence-electron chi connectivity index (χ1n) is 9.88. The molecule has 2 rings (SSSR count). The lowest BCUT2D eigenvalue weighted by Crippen LogP contribution is -2.38. The van der Waals surface area contributed by atoms with Gasteiger partial charge in [0.15, 0.2) is 6.80 Å².